The van der Waals surface area contributed by atoms with Gasteiger partial charge in [-0.25, -0.2) is 19.9 Å². The molecule has 0 aliphatic rings. The Labute approximate surface area is 245 Å². The highest BCUT2D eigenvalue weighted by Crippen LogP contribution is 2.32. The lowest BCUT2D eigenvalue weighted by Gasteiger charge is -2.20. The van der Waals surface area contributed by atoms with Gasteiger partial charge in [0.15, 0.2) is 5.82 Å². The van der Waals surface area contributed by atoms with Gasteiger partial charge in [0.05, 0.1) is 28.1 Å². The number of benzene rings is 4. The van der Waals surface area contributed by atoms with Crippen molar-refractivity contribution in [1.29, 1.82) is 0 Å². The van der Waals surface area contributed by atoms with Crippen LogP contribution in [0.2, 0.25) is 0 Å². The minimum absolute atomic E-state index is 0.0236. The first-order valence-corrected chi connectivity index (χ1v) is 14.2. The molecule has 42 heavy (non-hydrogen) atoms. The molecule has 7 aromatic rings. The zero-order chi connectivity index (χ0) is 28.7. The second-order valence-electron chi connectivity index (χ2n) is 11.7. The fourth-order valence-electron chi connectivity index (χ4n) is 5.26. The van der Waals surface area contributed by atoms with Gasteiger partial charge in [-0.05, 0) is 53.4 Å². The molecule has 0 aliphatic carbocycles. The number of hydrogen-bond donors (Lipinski definition) is 0. The van der Waals surface area contributed by atoms with Crippen molar-refractivity contribution < 1.29 is 0 Å². The van der Waals surface area contributed by atoms with Gasteiger partial charge in [0.2, 0.25) is 0 Å². The zero-order valence-electron chi connectivity index (χ0n) is 23.9. The van der Waals surface area contributed by atoms with Crippen LogP contribution in [0.1, 0.15) is 26.3 Å². The molecule has 4 nitrogen and oxygen atoms in total. The lowest BCUT2D eigenvalue weighted by Crippen LogP contribution is -2.10. The van der Waals surface area contributed by atoms with E-state index in [1.165, 1.54) is 5.56 Å². The first-order valence-electron chi connectivity index (χ1n) is 14.2. The van der Waals surface area contributed by atoms with Crippen molar-refractivity contribution in [3.63, 3.8) is 0 Å². The predicted molar refractivity (Wildman–Crippen MR) is 173 cm³/mol. The van der Waals surface area contributed by atoms with Crippen molar-refractivity contribution in [2.45, 2.75) is 26.2 Å². The highest BCUT2D eigenvalue weighted by atomic mass is 14.9. The summed E-state index contributed by atoms with van der Waals surface area (Å²) in [5.41, 5.74) is 9.66. The number of para-hydroxylation sites is 2. The Bertz CT molecular complexity index is 2090. The van der Waals surface area contributed by atoms with Gasteiger partial charge in [0, 0.05) is 27.5 Å². The Balaban J connectivity index is 1.39. The molecule has 3 heterocycles. The summed E-state index contributed by atoms with van der Waals surface area (Å²) >= 11 is 0. The van der Waals surface area contributed by atoms with Gasteiger partial charge in [-0.2, -0.15) is 0 Å². The van der Waals surface area contributed by atoms with Crippen LogP contribution in [0.15, 0.2) is 127 Å². The molecule has 0 atom stereocenters. The van der Waals surface area contributed by atoms with Gasteiger partial charge < -0.3 is 0 Å². The maximum atomic E-state index is 5.07. The van der Waals surface area contributed by atoms with Crippen molar-refractivity contribution in [3.05, 3.63) is 133 Å². The molecule has 0 radical (unpaired) electrons. The van der Waals surface area contributed by atoms with Crippen molar-refractivity contribution in [2.24, 2.45) is 0 Å². The fourth-order valence-corrected chi connectivity index (χ4v) is 5.26. The quantitative estimate of drug-likeness (QED) is 0.222. The molecule has 0 spiro atoms. The van der Waals surface area contributed by atoms with E-state index in [2.05, 4.69) is 106 Å². The minimum Gasteiger partial charge on any atom is -0.248 e. The SMILES string of the molecule is CC(C)(C)c1cccc(-c2cc(-c3cccc(-c4ccc5ccccc5n4)c3)nc(-c3ccc4ccccc4n3)n2)c1. The summed E-state index contributed by atoms with van der Waals surface area (Å²) in [7, 11) is 0. The normalized spacial score (nSPS) is 11.7. The number of hydrogen-bond acceptors (Lipinski definition) is 4. The van der Waals surface area contributed by atoms with E-state index >= 15 is 0 Å². The average molecular weight is 543 g/mol. The molecule has 0 saturated carbocycles. The van der Waals surface area contributed by atoms with E-state index in [1.807, 2.05) is 42.5 Å². The van der Waals surface area contributed by atoms with Crippen LogP contribution in [-0.2, 0) is 5.41 Å². The molecular weight excluding hydrogens is 512 g/mol. The summed E-state index contributed by atoms with van der Waals surface area (Å²) in [4.78, 5) is 20.0. The molecular formula is C38H30N4. The van der Waals surface area contributed by atoms with Crippen molar-refractivity contribution in [3.8, 4) is 45.3 Å². The molecule has 0 fully saturated rings. The Kier molecular flexibility index (Phi) is 6.32. The molecule has 0 N–H and O–H groups in total. The van der Waals surface area contributed by atoms with Crippen LogP contribution in [0, 0.1) is 0 Å². The third kappa shape index (κ3) is 5.04. The van der Waals surface area contributed by atoms with Gasteiger partial charge in [-0.15, -0.1) is 0 Å². The second kappa shape index (κ2) is 10.3. The van der Waals surface area contributed by atoms with Crippen LogP contribution in [0.3, 0.4) is 0 Å². The van der Waals surface area contributed by atoms with Gasteiger partial charge in [0.25, 0.3) is 0 Å². The summed E-state index contributed by atoms with van der Waals surface area (Å²) in [5, 5.41) is 2.22. The molecule has 0 bridgehead atoms. The minimum atomic E-state index is 0.0236. The molecule has 0 aliphatic heterocycles. The summed E-state index contributed by atoms with van der Waals surface area (Å²) < 4.78 is 0. The van der Waals surface area contributed by atoms with E-state index in [9.17, 15) is 0 Å². The van der Waals surface area contributed by atoms with E-state index in [1.54, 1.807) is 0 Å². The first-order chi connectivity index (χ1) is 20.4. The molecule has 4 aromatic carbocycles. The van der Waals surface area contributed by atoms with Crippen LogP contribution in [0.5, 0.6) is 0 Å². The van der Waals surface area contributed by atoms with Gasteiger partial charge >= 0.3 is 0 Å². The van der Waals surface area contributed by atoms with Crippen LogP contribution in [0.25, 0.3) is 67.1 Å². The molecule has 0 saturated heterocycles. The summed E-state index contributed by atoms with van der Waals surface area (Å²) in [6.07, 6.45) is 0. The van der Waals surface area contributed by atoms with E-state index in [-0.39, 0.29) is 5.41 Å². The smallest absolute Gasteiger partial charge is 0.179 e. The van der Waals surface area contributed by atoms with Crippen molar-refractivity contribution in [2.75, 3.05) is 0 Å². The van der Waals surface area contributed by atoms with E-state index in [0.717, 1.165) is 61.3 Å². The Morgan fingerprint density at radius 2 is 0.929 bits per heavy atom. The Hall–Kier alpha value is -5.22. The number of aromatic nitrogens is 4. The van der Waals surface area contributed by atoms with Crippen LogP contribution < -0.4 is 0 Å². The lowest BCUT2D eigenvalue weighted by molar-refractivity contribution is 0.590. The molecule has 3 aromatic heterocycles. The van der Waals surface area contributed by atoms with Crippen LogP contribution in [0.4, 0.5) is 0 Å². The highest BCUT2D eigenvalue weighted by molar-refractivity contribution is 5.83. The van der Waals surface area contributed by atoms with Crippen LogP contribution >= 0.6 is 0 Å². The van der Waals surface area contributed by atoms with Crippen LogP contribution in [-0.4, -0.2) is 19.9 Å². The largest absolute Gasteiger partial charge is 0.248 e. The Morgan fingerprint density at radius 3 is 1.57 bits per heavy atom. The summed E-state index contributed by atoms with van der Waals surface area (Å²) in [6.45, 7) is 6.69. The lowest BCUT2D eigenvalue weighted by atomic mass is 9.86. The number of rotatable bonds is 4. The first kappa shape index (κ1) is 25.7. The van der Waals surface area contributed by atoms with E-state index < -0.39 is 0 Å². The standard InChI is InChI=1S/C38H30N4/c1-38(2,3)30-15-9-14-29(23-30)36-24-35(41-37(42-36)34-21-19-26-11-5-7-17-32(26)40-34)28-13-8-12-27(22-28)33-20-18-25-10-4-6-16-31(25)39-33/h4-24H,1-3H3. The maximum Gasteiger partial charge on any atom is 0.179 e. The van der Waals surface area contributed by atoms with Crippen molar-refractivity contribution in [1.82, 2.24) is 19.9 Å². The second-order valence-corrected chi connectivity index (χ2v) is 11.7. The summed E-state index contributed by atoms with van der Waals surface area (Å²) in [6, 6.07) is 43.8. The topological polar surface area (TPSA) is 51.6 Å². The molecule has 4 heteroatoms. The number of pyridine rings is 2. The Morgan fingerprint density at radius 1 is 0.405 bits per heavy atom. The van der Waals surface area contributed by atoms with Gasteiger partial charge in [-0.3, -0.25) is 0 Å². The fraction of sp³-hybridized carbons (Fsp3) is 0.105. The van der Waals surface area contributed by atoms with Crippen molar-refractivity contribution >= 4 is 21.8 Å². The number of fused-ring (bicyclic) bond motifs is 2. The highest BCUT2D eigenvalue weighted by Gasteiger charge is 2.17. The summed E-state index contributed by atoms with van der Waals surface area (Å²) in [5.74, 6) is 0.601. The third-order valence-electron chi connectivity index (χ3n) is 7.63. The molecule has 7 rings (SSSR count). The van der Waals surface area contributed by atoms with Gasteiger partial charge in [0.1, 0.15) is 5.69 Å². The molecule has 0 unspecified atom stereocenters. The van der Waals surface area contributed by atoms with E-state index in [4.69, 9.17) is 19.9 Å². The number of nitrogens with zero attached hydrogens (tertiary/aromatic N) is 4. The monoisotopic (exact) mass is 542 g/mol. The third-order valence-corrected chi connectivity index (χ3v) is 7.63. The molecule has 202 valence electrons. The zero-order valence-corrected chi connectivity index (χ0v) is 23.9. The average Bonchev–Trinajstić information content (AvgIpc) is 3.04. The molecule has 0 amide bonds. The predicted octanol–water partition coefficient (Wildman–Crippen LogP) is 9.54. The maximum absolute atomic E-state index is 5.07. The van der Waals surface area contributed by atoms with Gasteiger partial charge in [-0.1, -0.05) is 106 Å². The van der Waals surface area contributed by atoms with E-state index in [0.29, 0.717) is 5.82 Å².